The summed E-state index contributed by atoms with van der Waals surface area (Å²) < 4.78 is 33.5. The van der Waals surface area contributed by atoms with Crippen molar-refractivity contribution >= 4 is 27.5 Å². The van der Waals surface area contributed by atoms with Gasteiger partial charge < -0.3 is 19.6 Å². The number of rotatable bonds is 9. The van der Waals surface area contributed by atoms with E-state index in [1.54, 1.807) is 36.4 Å². The Hall–Kier alpha value is -3.21. The lowest BCUT2D eigenvalue weighted by Crippen LogP contribution is -2.35. The van der Waals surface area contributed by atoms with Crippen LogP contribution in [0.25, 0.3) is 5.76 Å². The molecule has 0 aliphatic carbocycles. The van der Waals surface area contributed by atoms with Crippen LogP contribution in [0.4, 0.5) is 0 Å². The highest BCUT2D eigenvalue weighted by Crippen LogP contribution is 2.40. The molecule has 1 unspecified atom stereocenters. The van der Waals surface area contributed by atoms with Gasteiger partial charge in [0.05, 0.1) is 23.1 Å². The molecule has 2 saturated heterocycles. The number of ketones is 1. The monoisotopic (exact) mass is 541 g/mol. The van der Waals surface area contributed by atoms with Crippen LogP contribution >= 0.6 is 0 Å². The number of hydrogen-bond acceptors (Lipinski definition) is 7. The largest absolute Gasteiger partial charge is 0.507 e. The maximum atomic E-state index is 13.3. The van der Waals surface area contributed by atoms with Crippen molar-refractivity contribution in [1.29, 1.82) is 0 Å². The van der Waals surface area contributed by atoms with Crippen molar-refractivity contribution in [3.8, 4) is 5.75 Å². The van der Waals surface area contributed by atoms with Gasteiger partial charge in [-0.05, 0) is 63.7 Å². The molecule has 4 rings (SSSR count). The molecule has 2 fully saturated rings. The zero-order valence-corrected chi connectivity index (χ0v) is 22.9. The molecule has 204 valence electrons. The number of aliphatic hydroxyl groups is 1. The number of Topliss-reactive ketones (excluding diaryl/α,β-unsaturated/α-hetero) is 1. The standard InChI is InChI=1S/C28H35N3O6S/c1-4-37-22-13-11-20(12-14-22)25-24(27(33)28(34)31(25)18-17-29(2)3)26(32)21-9-8-10-23(19-21)38(35,36)30-15-6-5-7-16-30/h8-14,19,25,32H,4-7,15-18H2,1-3H3. The number of benzene rings is 2. The summed E-state index contributed by atoms with van der Waals surface area (Å²) >= 11 is 0. The Morgan fingerprint density at radius 2 is 1.74 bits per heavy atom. The number of nitrogens with zero attached hydrogens (tertiary/aromatic N) is 3. The van der Waals surface area contributed by atoms with E-state index < -0.39 is 33.5 Å². The number of carbonyl (C=O) groups is 2. The molecule has 0 radical (unpaired) electrons. The maximum absolute atomic E-state index is 13.3. The second-order valence-corrected chi connectivity index (χ2v) is 11.7. The number of carbonyl (C=O) groups excluding carboxylic acids is 2. The maximum Gasteiger partial charge on any atom is 0.295 e. The van der Waals surface area contributed by atoms with E-state index >= 15 is 0 Å². The van der Waals surface area contributed by atoms with Gasteiger partial charge >= 0.3 is 0 Å². The van der Waals surface area contributed by atoms with Crippen LogP contribution in [-0.4, -0.2) is 86.2 Å². The van der Waals surface area contributed by atoms with E-state index in [0.29, 0.717) is 37.6 Å². The summed E-state index contributed by atoms with van der Waals surface area (Å²) in [5, 5.41) is 11.4. The Morgan fingerprint density at radius 3 is 2.37 bits per heavy atom. The summed E-state index contributed by atoms with van der Waals surface area (Å²) in [5.41, 5.74) is 0.750. The van der Waals surface area contributed by atoms with Crippen molar-refractivity contribution in [3.63, 3.8) is 0 Å². The quantitative estimate of drug-likeness (QED) is 0.295. The molecule has 10 heteroatoms. The summed E-state index contributed by atoms with van der Waals surface area (Å²) in [6.45, 7) is 4.07. The van der Waals surface area contributed by atoms with Gasteiger partial charge in [0.15, 0.2) is 0 Å². The minimum Gasteiger partial charge on any atom is -0.507 e. The van der Waals surface area contributed by atoms with Gasteiger partial charge in [-0.2, -0.15) is 4.31 Å². The van der Waals surface area contributed by atoms with E-state index in [1.165, 1.54) is 21.3 Å². The van der Waals surface area contributed by atoms with Crippen molar-refractivity contribution in [2.75, 3.05) is 46.9 Å². The van der Waals surface area contributed by atoms with Crippen molar-refractivity contribution in [3.05, 3.63) is 65.2 Å². The normalized spacial score (nSPS) is 20.3. The van der Waals surface area contributed by atoms with E-state index in [0.717, 1.165) is 19.3 Å². The molecule has 0 bridgehead atoms. The number of likely N-dealkylation sites (tertiary alicyclic amines) is 1. The molecule has 2 heterocycles. The number of likely N-dealkylation sites (N-methyl/N-ethyl adjacent to an activating group) is 1. The van der Waals surface area contributed by atoms with Crippen LogP contribution in [0.5, 0.6) is 5.75 Å². The van der Waals surface area contributed by atoms with Gasteiger partial charge in [-0.3, -0.25) is 9.59 Å². The van der Waals surface area contributed by atoms with E-state index in [4.69, 9.17) is 4.74 Å². The smallest absolute Gasteiger partial charge is 0.295 e. The summed E-state index contributed by atoms with van der Waals surface area (Å²) in [4.78, 5) is 29.8. The molecule has 0 aromatic heterocycles. The topological polar surface area (TPSA) is 107 Å². The second kappa shape index (κ2) is 11.7. The van der Waals surface area contributed by atoms with E-state index in [9.17, 15) is 23.1 Å². The van der Waals surface area contributed by atoms with Crippen LogP contribution < -0.4 is 4.74 Å². The van der Waals surface area contributed by atoms with Crippen LogP contribution in [0.2, 0.25) is 0 Å². The Bertz CT molecular complexity index is 1310. The van der Waals surface area contributed by atoms with Crippen LogP contribution in [0, 0.1) is 0 Å². The molecule has 0 saturated carbocycles. The molecule has 2 aromatic carbocycles. The molecular formula is C28H35N3O6S. The Balaban J connectivity index is 1.78. The van der Waals surface area contributed by atoms with Gasteiger partial charge in [0.25, 0.3) is 11.7 Å². The minimum atomic E-state index is -3.75. The fourth-order valence-electron chi connectivity index (χ4n) is 4.89. The molecule has 1 N–H and O–H groups in total. The predicted octanol–water partition coefficient (Wildman–Crippen LogP) is 3.24. The number of amides is 1. The number of sulfonamides is 1. The molecule has 0 spiro atoms. The zero-order chi connectivity index (χ0) is 27.4. The van der Waals surface area contributed by atoms with E-state index in [2.05, 4.69) is 0 Å². The zero-order valence-electron chi connectivity index (χ0n) is 22.1. The van der Waals surface area contributed by atoms with Gasteiger partial charge in [0.1, 0.15) is 11.5 Å². The molecule has 2 aliphatic rings. The number of ether oxygens (including phenoxy) is 1. The van der Waals surface area contributed by atoms with Gasteiger partial charge in [0, 0.05) is 31.7 Å². The van der Waals surface area contributed by atoms with Crippen LogP contribution in [0.15, 0.2) is 59.0 Å². The molecular weight excluding hydrogens is 506 g/mol. The molecule has 2 aliphatic heterocycles. The third-order valence-electron chi connectivity index (χ3n) is 6.90. The Labute approximate surface area is 224 Å². The highest BCUT2D eigenvalue weighted by atomic mass is 32.2. The van der Waals surface area contributed by atoms with Crippen molar-refractivity contribution in [2.24, 2.45) is 0 Å². The highest BCUT2D eigenvalue weighted by Gasteiger charge is 2.46. The lowest BCUT2D eigenvalue weighted by Gasteiger charge is -2.27. The minimum absolute atomic E-state index is 0.0444. The fourth-order valence-corrected chi connectivity index (χ4v) is 6.46. The van der Waals surface area contributed by atoms with Gasteiger partial charge in [-0.1, -0.05) is 30.7 Å². The first-order valence-corrected chi connectivity index (χ1v) is 14.4. The molecule has 38 heavy (non-hydrogen) atoms. The van der Waals surface area contributed by atoms with E-state index in [1.807, 2.05) is 25.9 Å². The summed E-state index contributed by atoms with van der Waals surface area (Å²) in [6, 6.07) is 12.2. The van der Waals surface area contributed by atoms with Crippen molar-refractivity contribution in [1.82, 2.24) is 14.1 Å². The average Bonchev–Trinajstić information content (AvgIpc) is 3.17. The SMILES string of the molecule is CCOc1ccc(C2C(=C(O)c3cccc(S(=O)(=O)N4CCCCC4)c3)C(=O)C(=O)N2CCN(C)C)cc1. The third kappa shape index (κ3) is 5.62. The lowest BCUT2D eigenvalue weighted by atomic mass is 9.95. The van der Waals surface area contributed by atoms with Crippen LogP contribution in [0.3, 0.4) is 0 Å². The molecule has 1 amide bonds. The van der Waals surface area contributed by atoms with E-state index in [-0.39, 0.29) is 22.6 Å². The summed E-state index contributed by atoms with van der Waals surface area (Å²) in [5.74, 6) is -1.25. The molecule has 1 atom stereocenters. The Kier molecular flexibility index (Phi) is 8.54. The average molecular weight is 542 g/mol. The van der Waals surface area contributed by atoms with Crippen LogP contribution in [0.1, 0.15) is 43.4 Å². The lowest BCUT2D eigenvalue weighted by molar-refractivity contribution is -0.140. The first-order chi connectivity index (χ1) is 18.1. The number of hydrogen-bond donors (Lipinski definition) is 1. The van der Waals surface area contributed by atoms with Gasteiger partial charge in [0.2, 0.25) is 10.0 Å². The van der Waals surface area contributed by atoms with Crippen molar-refractivity contribution < 1.29 is 27.9 Å². The number of piperidine rings is 1. The molecule has 9 nitrogen and oxygen atoms in total. The van der Waals surface area contributed by atoms with Crippen LogP contribution in [-0.2, 0) is 19.6 Å². The summed E-state index contributed by atoms with van der Waals surface area (Å²) in [7, 11) is -0.00924. The first-order valence-electron chi connectivity index (χ1n) is 12.9. The van der Waals surface area contributed by atoms with Gasteiger partial charge in [-0.25, -0.2) is 8.42 Å². The van der Waals surface area contributed by atoms with Crippen molar-refractivity contribution in [2.45, 2.75) is 37.1 Å². The predicted molar refractivity (Wildman–Crippen MR) is 144 cm³/mol. The molecule has 2 aromatic rings. The highest BCUT2D eigenvalue weighted by molar-refractivity contribution is 7.89. The summed E-state index contributed by atoms with van der Waals surface area (Å²) in [6.07, 6.45) is 2.60. The Morgan fingerprint density at radius 1 is 1.05 bits per heavy atom. The number of aliphatic hydroxyl groups excluding tert-OH is 1. The first kappa shape index (κ1) is 27.8. The second-order valence-electron chi connectivity index (χ2n) is 9.79. The van der Waals surface area contributed by atoms with Gasteiger partial charge in [-0.15, -0.1) is 0 Å². The fraction of sp³-hybridized carbons (Fsp3) is 0.429. The third-order valence-corrected chi connectivity index (χ3v) is 8.79.